The zero-order valence-corrected chi connectivity index (χ0v) is 3.32. The van der Waals surface area contributed by atoms with E-state index in [0.29, 0.717) is 0 Å². The van der Waals surface area contributed by atoms with Gasteiger partial charge in [0.05, 0.1) is 7.80 Å². The van der Waals surface area contributed by atoms with Gasteiger partial charge < -0.3 is 4.57 Å². The molecule has 1 nitrogen and oxygen atoms in total. The molecule has 24 valence electrons. The summed E-state index contributed by atoms with van der Waals surface area (Å²) in [6.45, 7) is 0. The average molecular weight is 76.0 g/mol. The Morgan fingerprint density at radius 3 is 1.75 bits per heavy atom. The SMILES string of the molecule is O=[PH]1CC1. The third kappa shape index (κ3) is 0.323. The lowest BCUT2D eigenvalue weighted by Gasteiger charge is -1.30. The molecule has 0 bridgehead atoms. The van der Waals surface area contributed by atoms with E-state index < -0.39 is 7.80 Å². The monoisotopic (exact) mass is 76.0 g/mol. The van der Waals surface area contributed by atoms with Crippen LogP contribution in [-0.4, -0.2) is 12.3 Å². The number of hydrogen-bond donors (Lipinski definition) is 0. The van der Waals surface area contributed by atoms with E-state index in [2.05, 4.69) is 0 Å². The van der Waals surface area contributed by atoms with E-state index in [4.69, 9.17) is 0 Å². The highest BCUT2D eigenvalue weighted by molar-refractivity contribution is 7.52. The van der Waals surface area contributed by atoms with Crippen molar-refractivity contribution in [1.82, 2.24) is 0 Å². The molecule has 0 spiro atoms. The molecule has 0 aromatic rings. The van der Waals surface area contributed by atoms with Crippen LogP contribution in [0.4, 0.5) is 0 Å². The van der Waals surface area contributed by atoms with Gasteiger partial charge in [-0.2, -0.15) is 0 Å². The highest BCUT2D eigenvalue weighted by Gasteiger charge is 2.10. The Morgan fingerprint density at radius 2 is 1.75 bits per heavy atom. The van der Waals surface area contributed by atoms with Gasteiger partial charge in [0, 0.05) is 12.3 Å². The maximum atomic E-state index is 9.74. The summed E-state index contributed by atoms with van der Waals surface area (Å²) in [6.07, 6.45) is 2.06. The smallest absolute Gasteiger partial charge is 0.0771 e. The quantitative estimate of drug-likeness (QED) is 0.385. The lowest BCUT2D eigenvalue weighted by atomic mass is 11.0. The first-order chi connectivity index (χ1) is 1.89. The molecular formula is C2H5OP. The van der Waals surface area contributed by atoms with Crippen LogP contribution in [0.1, 0.15) is 0 Å². The van der Waals surface area contributed by atoms with Crippen molar-refractivity contribution in [3.8, 4) is 0 Å². The Labute approximate surface area is 25.8 Å². The molecule has 2 heteroatoms. The standard InChI is InChI=1S/C2H5OP/c3-4-1-2-4/h4H,1-2H2. The Morgan fingerprint density at radius 1 is 1.50 bits per heavy atom. The molecule has 4 heavy (non-hydrogen) atoms. The van der Waals surface area contributed by atoms with Gasteiger partial charge >= 0.3 is 0 Å². The molecule has 1 saturated heterocycles. The van der Waals surface area contributed by atoms with Crippen molar-refractivity contribution in [2.24, 2.45) is 0 Å². The van der Waals surface area contributed by atoms with Crippen LogP contribution in [0.25, 0.3) is 0 Å². The zero-order chi connectivity index (χ0) is 2.99. The second kappa shape index (κ2) is 0.587. The van der Waals surface area contributed by atoms with Gasteiger partial charge in [-0.15, -0.1) is 0 Å². The van der Waals surface area contributed by atoms with Crippen LogP contribution in [0.2, 0.25) is 0 Å². The van der Waals surface area contributed by atoms with Gasteiger partial charge in [0.2, 0.25) is 0 Å². The molecule has 0 aliphatic carbocycles. The van der Waals surface area contributed by atoms with Crippen molar-refractivity contribution in [1.29, 1.82) is 0 Å². The summed E-state index contributed by atoms with van der Waals surface area (Å²) in [7, 11) is -0.880. The van der Waals surface area contributed by atoms with E-state index in [1.165, 1.54) is 0 Å². The zero-order valence-electron chi connectivity index (χ0n) is 2.32. The van der Waals surface area contributed by atoms with Crippen molar-refractivity contribution in [2.75, 3.05) is 12.3 Å². The fourth-order valence-electron chi connectivity index (χ4n) is 0.0510. The predicted molar refractivity (Wildman–Crippen MR) is 18.7 cm³/mol. The lowest BCUT2D eigenvalue weighted by Crippen LogP contribution is -1.20. The van der Waals surface area contributed by atoms with Gasteiger partial charge in [-0.25, -0.2) is 0 Å². The molecule has 0 N–H and O–H groups in total. The molecule has 0 amide bonds. The molecule has 1 fully saturated rings. The third-order valence-electron chi connectivity index (χ3n) is 0.454. The van der Waals surface area contributed by atoms with E-state index in [1.54, 1.807) is 0 Å². The summed E-state index contributed by atoms with van der Waals surface area (Å²) in [6, 6.07) is 0. The molecular weight excluding hydrogens is 71.0 g/mol. The largest absolute Gasteiger partial charge is 0.327 e. The molecule has 0 atom stereocenters. The van der Waals surface area contributed by atoms with Crippen LogP contribution in [0, 0.1) is 0 Å². The van der Waals surface area contributed by atoms with Gasteiger partial charge in [-0.1, -0.05) is 0 Å². The molecule has 1 heterocycles. The third-order valence-corrected chi connectivity index (χ3v) is 1.36. The fourth-order valence-corrected chi connectivity index (χ4v) is 0.459. The second-order valence-corrected chi connectivity index (χ2v) is 3.12. The Balaban J connectivity index is 2.60. The van der Waals surface area contributed by atoms with Crippen molar-refractivity contribution < 1.29 is 4.57 Å². The van der Waals surface area contributed by atoms with Gasteiger partial charge in [0.1, 0.15) is 0 Å². The normalized spacial score (nSPS) is 26.0. The molecule has 1 aliphatic rings. The molecule has 0 aromatic heterocycles. The maximum absolute atomic E-state index is 9.74. The maximum Gasteiger partial charge on any atom is 0.0771 e. The number of rotatable bonds is 0. The molecule has 0 aromatic carbocycles. The van der Waals surface area contributed by atoms with E-state index in [0.717, 1.165) is 12.3 Å². The highest BCUT2D eigenvalue weighted by Crippen LogP contribution is 2.35. The summed E-state index contributed by atoms with van der Waals surface area (Å²) in [4.78, 5) is 0. The molecule has 0 saturated carbocycles. The Hall–Kier alpha value is 0.230. The summed E-state index contributed by atoms with van der Waals surface area (Å²) in [5, 5.41) is 0. The van der Waals surface area contributed by atoms with Crippen molar-refractivity contribution in [2.45, 2.75) is 0 Å². The van der Waals surface area contributed by atoms with E-state index >= 15 is 0 Å². The average Bonchev–Trinajstić information content (AvgIpc) is 1.75. The first kappa shape index (κ1) is 2.47. The molecule has 1 rings (SSSR count). The summed E-state index contributed by atoms with van der Waals surface area (Å²) < 4.78 is 9.74. The van der Waals surface area contributed by atoms with E-state index in [9.17, 15) is 4.57 Å². The first-order valence-corrected chi connectivity index (χ1v) is 3.23. The minimum Gasteiger partial charge on any atom is -0.327 e. The van der Waals surface area contributed by atoms with Crippen LogP contribution in [-0.2, 0) is 4.57 Å². The second-order valence-electron chi connectivity index (χ2n) is 1.04. The van der Waals surface area contributed by atoms with Crippen LogP contribution in [0.5, 0.6) is 0 Å². The van der Waals surface area contributed by atoms with E-state index in [1.807, 2.05) is 0 Å². The van der Waals surface area contributed by atoms with Crippen LogP contribution < -0.4 is 0 Å². The van der Waals surface area contributed by atoms with Gasteiger partial charge in [0.25, 0.3) is 0 Å². The van der Waals surface area contributed by atoms with Gasteiger partial charge in [-0.05, 0) is 0 Å². The fraction of sp³-hybridized carbons (Fsp3) is 1.00. The van der Waals surface area contributed by atoms with Crippen LogP contribution in [0.3, 0.4) is 0 Å². The highest BCUT2D eigenvalue weighted by atomic mass is 31.1. The first-order valence-electron chi connectivity index (χ1n) is 1.41. The summed E-state index contributed by atoms with van der Waals surface area (Å²) in [5.41, 5.74) is 0. The molecule has 1 aliphatic heterocycles. The minimum atomic E-state index is -0.880. The molecule has 0 unspecified atom stereocenters. The minimum absolute atomic E-state index is 0.880. The van der Waals surface area contributed by atoms with Crippen LogP contribution >= 0.6 is 7.80 Å². The van der Waals surface area contributed by atoms with Gasteiger partial charge in [-0.3, -0.25) is 0 Å². The predicted octanol–water partition coefficient (Wildman–Crippen LogP) is 0.560. The van der Waals surface area contributed by atoms with E-state index in [-0.39, 0.29) is 0 Å². The van der Waals surface area contributed by atoms with Crippen molar-refractivity contribution in [3.63, 3.8) is 0 Å². The van der Waals surface area contributed by atoms with Crippen molar-refractivity contribution in [3.05, 3.63) is 0 Å². The van der Waals surface area contributed by atoms with Crippen LogP contribution in [0.15, 0.2) is 0 Å². The summed E-state index contributed by atoms with van der Waals surface area (Å²) in [5.74, 6) is 0. The molecule has 0 radical (unpaired) electrons. The number of hydrogen-bond acceptors (Lipinski definition) is 1. The lowest BCUT2D eigenvalue weighted by molar-refractivity contribution is 0.599. The van der Waals surface area contributed by atoms with Gasteiger partial charge in [0.15, 0.2) is 0 Å². The Kier molecular flexibility index (Phi) is 0.362. The summed E-state index contributed by atoms with van der Waals surface area (Å²) >= 11 is 0. The Bertz CT molecular complexity index is 44.0. The van der Waals surface area contributed by atoms with Crippen molar-refractivity contribution >= 4 is 7.80 Å². The topological polar surface area (TPSA) is 17.1 Å².